The molecule has 2 nitrogen and oxygen atoms in total. The van der Waals surface area contributed by atoms with Crippen LogP contribution in [0.5, 0.6) is 0 Å². The van der Waals surface area contributed by atoms with Crippen LogP contribution in [-0.2, 0) is 11.2 Å². The number of Topliss-reactive ketones (excluding diaryl/α,β-unsaturated/α-hetero) is 1. The average molecular weight is 299 g/mol. The predicted molar refractivity (Wildman–Crippen MR) is 90.7 cm³/mol. The van der Waals surface area contributed by atoms with Gasteiger partial charge in [0.15, 0.2) is 5.78 Å². The highest BCUT2D eigenvalue weighted by atomic mass is 16.1. The monoisotopic (exact) mass is 299 g/mol. The number of hydrogen-bond acceptors (Lipinski definition) is 2. The second kappa shape index (κ2) is 5.81. The molecule has 1 aromatic rings. The van der Waals surface area contributed by atoms with Gasteiger partial charge in [-0.25, -0.2) is 0 Å². The van der Waals surface area contributed by atoms with Gasteiger partial charge in [0.2, 0.25) is 0 Å². The molecule has 0 saturated carbocycles. The molecule has 3 atom stereocenters. The molecule has 0 radical (unpaired) electrons. The van der Waals surface area contributed by atoms with Gasteiger partial charge in [-0.05, 0) is 42.2 Å². The maximum Gasteiger partial charge on any atom is 0.154 e. The highest BCUT2D eigenvalue weighted by molar-refractivity contribution is 5.89. The Morgan fingerprint density at radius 2 is 1.77 bits per heavy atom. The van der Waals surface area contributed by atoms with Gasteiger partial charge in [-0.3, -0.25) is 9.69 Å². The van der Waals surface area contributed by atoms with Crippen LogP contribution in [0.1, 0.15) is 39.7 Å². The van der Waals surface area contributed by atoms with Crippen LogP contribution < -0.4 is 0 Å². The molecule has 0 amide bonds. The zero-order chi connectivity index (χ0) is 15.9. The van der Waals surface area contributed by atoms with Gasteiger partial charge in [-0.15, -0.1) is 0 Å². The third kappa shape index (κ3) is 2.32. The van der Waals surface area contributed by atoms with Crippen LogP contribution in [0, 0.1) is 23.2 Å². The first-order chi connectivity index (χ1) is 10.5. The molecular formula is C20H29NO. The van der Waals surface area contributed by atoms with E-state index in [1.165, 1.54) is 5.56 Å². The summed E-state index contributed by atoms with van der Waals surface area (Å²) in [7, 11) is 0. The number of carbonyl (C=O) groups excluding carboxylic acids is 1. The fourth-order valence-electron chi connectivity index (χ4n) is 5.09. The number of nitrogens with zero attached hydrogens (tertiary/aromatic N) is 1. The standard InChI is InChI=1S/C20H29NO/c1-14(2)20(15(3)4)13-21-11-10-17(20)19(22)18(21)12-16-8-6-5-7-9-16/h5-9,14-15,17-18H,10-13H2,1-4H3. The van der Waals surface area contributed by atoms with E-state index in [1.54, 1.807) is 0 Å². The second-order valence-electron chi connectivity index (χ2n) is 7.84. The van der Waals surface area contributed by atoms with Crippen molar-refractivity contribution in [1.29, 1.82) is 0 Å². The van der Waals surface area contributed by atoms with Crippen LogP contribution in [0.2, 0.25) is 0 Å². The van der Waals surface area contributed by atoms with Gasteiger partial charge in [0.05, 0.1) is 6.04 Å². The molecule has 3 aliphatic rings. The Labute approximate surface area is 134 Å². The van der Waals surface area contributed by atoms with E-state index in [2.05, 4.69) is 56.9 Å². The van der Waals surface area contributed by atoms with E-state index in [9.17, 15) is 4.79 Å². The average Bonchev–Trinajstić information content (AvgIpc) is 2.51. The molecular weight excluding hydrogens is 270 g/mol. The molecule has 3 saturated heterocycles. The van der Waals surface area contributed by atoms with Crippen molar-refractivity contribution in [2.24, 2.45) is 23.2 Å². The minimum atomic E-state index is 0.103. The Morgan fingerprint density at radius 1 is 1.14 bits per heavy atom. The van der Waals surface area contributed by atoms with Gasteiger partial charge in [0.1, 0.15) is 0 Å². The van der Waals surface area contributed by atoms with Crippen LogP contribution in [0.15, 0.2) is 30.3 Å². The maximum absolute atomic E-state index is 13.2. The zero-order valence-corrected chi connectivity index (χ0v) is 14.4. The van der Waals surface area contributed by atoms with E-state index in [0.29, 0.717) is 17.6 Å². The number of carbonyl (C=O) groups is 1. The van der Waals surface area contributed by atoms with E-state index in [-0.39, 0.29) is 17.4 Å². The summed E-state index contributed by atoms with van der Waals surface area (Å²) in [4.78, 5) is 15.7. The lowest BCUT2D eigenvalue weighted by atomic mass is 9.54. The molecule has 4 rings (SSSR count). The van der Waals surface area contributed by atoms with E-state index >= 15 is 0 Å². The van der Waals surface area contributed by atoms with Crippen molar-refractivity contribution in [2.45, 2.75) is 46.6 Å². The van der Waals surface area contributed by atoms with Gasteiger partial charge in [-0.2, -0.15) is 0 Å². The van der Waals surface area contributed by atoms with Crippen molar-refractivity contribution in [2.75, 3.05) is 13.1 Å². The SMILES string of the molecule is CC(C)C1(C(C)C)CN2CCC1C(=O)C2Cc1ccccc1. The van der Waals surface area contributed by atoms with E-state index < -0.39 is 0 Å². The van der Waals surface area contributed by atoms with Crippen molar-refractivity contribution in [3.63, 3.8) is 0 Å². The number of rotatable bonds is 4. The fraction of sp³-hybridized carbons (Fsp3) is 0.650. The smallest absolute Gasteiger partial charge is 0.154 e. The summed E-state index contributed by atoms with van der Waals surface area (Å²) < 4.78 is 0. The van der Waals surface area contributed by atoms with E-state index in [4.69, 9.17) is 0 Å². The summed E-state index contributed by atoms with van der Waals surface area (Å²) >= 11 is 0. The van der Waals surface area contributed by atoms with E-state index in [1.807, 2.05) is 6.07 Å². The molecule has 0 N–H and O–H groups in total. The second-order valence-corrected chi connectivity index (χ2v) is 7.84. The quantitative estimate of drug-likeness (QED) is 0.843. The Hall–Kier alpha value is -1.15. The number of fused-ring (bicyclic) bond motifs is 3. The van der Waals surface area contributed by atoms with Crippen molar-refractivity contribution in [1.82, 2.24) is 4.90 Å². The first-order valence-corrected chi connectivity index (χ1v) is 8.78. The van der Waals surface area contributed by atoms with Gasteiger partial charge in [0, 0.05) is 12.5 Å². The van der Waals surface area contributed by atoms with Crippen molar-refractivity contribution >= 4 is 5.78 Å². The Morgan fingerprint density at radius 3 is 2.32 bits per heavy atom. The van der Waals surface area contributed by atoms with Gasteiger partial charge in [-0.1, -0.05) is 58.0 Å². The Balaban J connectivity index is 1.87. The molecule has 1 aromatic carbocycles. The highest BCUT2D eigenvalue weighted by Gasteiger charge is 2.57. The molecule has 3 heterocycles. The molecule has 3 aliphatic heterocycles. The van der Waals surface area contributed by atoms with Crippen LogP contribution in [0.25, 0.3) is 0 Å². The normalized spacial score (nSPS) is 30.3. The largest absolute Gasteiger partial charge is 0.298 e. The van der Waals surface area contributed by atoms with Crippen molar-refractivity contribution < 1.29 is 4.79 Å². The zero-order valence-electron chi connectivity index (χ0n) is 14.4. The molecule has 3 unspecified atom stereocenters. The summed E-state index contributed by atoms with van der Waals surface area (Å²) in [6, 6.07) is 10.6. The lowest BCUT2D eigenvalue weighted by Crippen LogP contribution is -2.67. The third-order valence-electron chi connectivity index (χ3n) is 6.37. The highest BCUT2D eigenvalue weighted by Crippen LogP contribution is 2.52. The molecule has 120 valence electrons. The summed E-state index contributed by atoms with van der Waals surface area (Å²) in [6.45, 7) is 11.4. The van der Waals surface area contributed by atoms with Crippen LogP contribution >= 0.6 is 0 Å². The molecule has 2 heteroatoms. The summed E-state index contributed by atoms with van der Waals surface area (Å²) in [5, 5.41) is 0. The third-order valence-corrected chi connectivity index (χ3v) is 6.37. The molecule has 0 spiro atoms. The summed E-state index contributed by atoms with van der Waals surface area (Å²) in [5.41, 5.74) is 1.45. The lowest BCUT2D eigenvalue weighted by molar-refractivity contribution is -0.161. The Bertz CT molecular complexity index is 526. The minimum Gasteiger partial charge on any atom is -0.298 e. The van der Waals surface area contributed by atoms with Gasteiger partial charge in [0.25, 0.3) is 0 Å². The molecule has 0 aromatic heterocycles. The molecule has 0 aliphatic carbocycles. The maximum atomic E-state index is 13.2. The van der Waals surface area contributed by atoms with Crippen molar-refractivity contribution in [3.8, 4) is 0 Å². The first kappa shape index (κ1) is 15.7. The lowest BCUT2D eigenvalue weighted by Gasteiger charge is -2.59. The summed E-state index contributed by atoms with van der Waals surface area (Å²) in [5.74, 6) is 1.87. The van der Waals surface area contributed by atoms with E-state index in [0.717, 1.165) is 25.9 Å². The first-order valence-electron chi connectivity index (χ1n) is 8.78. The van der Waals surface area contributed by atoms with Crippen LogP contribution in [0.3, 0.4) is 0 Å². The fourth-order valence-corrected chi connectivity index (χ4v) is 5.09. The predicted octanol–water partition coefficient (Wildman–Crippen LogP) is 3.80. The number of ketones is 1. The topological polar surface area (TPSA) is 20.3 Å². The summed E-state index contributed by atoms with van der Waals surface area (Å²) in [6.07, 6.45) is 1.93. The van der Waals surface area contributed by atoms with Crippen LogP contribution in [0.4, 0.5) is 0 Å². The number of benzene rings is 1. The molecule has 22 heavy (non-hydrogen) atoms. The molecule has 2 bridgehead atoms. The number of hydrogen-bond donors (Lipinski definition) is 0. The van der Waals surface area contributed by atoms with Crippen LogP contribution in [-0.4, -0.2) is 29.8 Å². The molecule has 3 fully saturated rings. The van der Waals surface area contributed by atoms with Gasteiger partial charge >= 0.3 is 0 Å². The van der Waals surface area contributed by atoms with Crippen molar-refractivity contribution in [3.05, 3.63) is 35.9 Å². The minimum absolute atomic E-state index is 0.103. The van der Waals surface area contributed by atoms with Gasteiger partial charge < -0.3 is 0 Å². The Kier molecular flexibility index (Phi) is 4.15. The number of piperidine rings is 3.